The van der Waals surface area contributed by atoms with E-state index in [1.165, 1.54) is 12.0 Å². The summed E-state index contributed by atoms with van der Waals surface area (Å²) in [6.45, 7) is 0. The van der Waals surface area contributed by atoms with Gasteiger partial charge >= 0.3 is 0 Å². The lowest BCUT2D eigenvalue weighted by molar-refractivity contribution is -0.122. The van der Waals surface area contributed by atoms with E-state index in [-0.39, 0.29) is 35.7 Å². The smallest absolute Gasteiger partial charge is 0.269 e. The Kier molecular flexibility index (Phi) is 6.52. The Labute approximate surface area is 162 Å². The Morgan fingerprint density at radius 3 is 2.38 bits per heavy atom. The maximum absolute atomic E-state index is 12.1. The lowest BCUT2D eigenvalue weighted by atomic mass is 10.1. The third kappa shape index (κ3) is 5.40. The predicted octanol–water partition coefficient (Wildman–Crippen LogP) is 2.14. The zero-order valence-electron chi connectivity index (χ0n) is 14.3. The molecular weight excluding hydrogens is 392 g/mol. The van der Waals surface area contributed by atoms with E-state index in [1.807, 2.05) is 35.7 Å². The molecule has 2 N–H and O–H groups in total. The second-order valence-electron chi connectivity index (χ2n) is 6.52. The zero-order chi connectivity index (χ0) is 18.6. The number of sulfone groups is 1. The summed E-state index contributed by atoms with van der Waals surface area (Å²) in [7, 11) is -3.00. The molecule has 0 aliphatic carbocycles. The Balaban J connectivity index is 1.46. The summed E-state index contributed by atoms with van der Waals surface area (Å²) in [5, 5.41) is 0. The number of nitrogens with one attached hydrogen (secondary N) is 2. The third-order valence-electron chi connectivity index (χ3n) is 4.39. The summed E-state index contributed by atoms with van der Waals surface area (Å²) in [5.74, 6) is 1.60. The van der Waals surface area contributed by atoms with Crippen molar-refractivity contribution in [1.82, 2.24) is 10.9 Å². The number of carbonyl (C=O) groups is 2. The average Bonchev–Trinajstić information content (AvgIpc) is 2.99. The fourth-order valence-electron chi connectivity index (χ4n) is 3.02. The monoisotopic (exact) mass is 414 g/mol. The zero-order valence-corrected chi connectivity index (χ0v) is 16.7. The van der Waals surface area contributed by atoms with Gasteiger partial charge < -0.3 is 0 Å². The third-order valence-corrected chi connectivity index (χ3v) is 9.24. The van der Waals surface area contributed by atoms with Gasteiger partial charge in [-0.25, -0.2) is 8.42 Å². The maximum Gasteiger partial charge on any atom is 0.269 e. The first-order chi connectivity index (χ1) is 12.4. The van der Waals surface area contributed by atoms with Crippen LogP contribution in [-0.2, 0) is 14.6 Å². The molecule has 26 heavy (non-hydrogen) atoms. The molecule has 2 saturated heterocycles. The van der Waals surface area contributed by atoms with Gasteiger partial charge in [0.25, 0.3) is 5.91 Å². The molecule has 2 amide bonds. The van der Waals surface area contributed by atoms with Crippen LogP contribution < -0.4 is 10.9 Å². The number of hydrazine groups is 1. The SMILES string of the molecule is O=C(C[C@@H]1CCS(=O)(=O)C1)NNC(=O)c1ccc(C2SCCCS2)cc1. The van der Waals surface area contributed by atoms with Gasteiger partial charge in [-0.15, -0.1) is 23.5 Å². The molecule has 142 valence electrons. The molecule has 2 fully saturated rings. The molecule has 0 bridgehead atoms. The van der Waals surface area contributed by atoms with Gasteiger partial charge in [-0.1, -0.05) is 12.1 Å². The van der Waals surface area contributed by atoms with Crippen LogP contribution in [0.15, 0.2) is 24.3 Å². The standard InChI is InChI=1S/C17H22N2O4S3/c20-15(10-12-6-9-26(22,23)11-12)18-19-16(21)13-2-4-14(5-3-13)17-24-7-1-8-25-17/h2-5,12,17H,1,6-11H2,(H,18,20)(H,19,21)/t12-/m0/s1. The molecule has 1 aromatic rings. The van der Waals surface area contributed by atoms with Crippen LogP contribution in [-0.4, -0.2) is 43.2 Å². The van der Waals surface area contributed by atoms with Gasteiger partial charge in [-0.2, -0.15) is 0 Å². The summed E-state index contributed by atoms with van der Waals surface area (Å²) in [6.07, 6.45) is 1.84. The quantitative estimate of drug-likeness (QED) is 0.734. The van der Waals surface area contributed by atoms with Crippen LogP contribution in [0.5, 0.6) is 0 Å². The van der Waals surface area contributed by atoms with E-state index in [0.29, 0.717) is 16.6 Å². The second kappa shape index (κ2) is 8.67. The summed E-state index contributed by atoms with van der Waals surface area (Å²) >= 11 is 3.84. The molecule has 0 aromatic heterocycles. The minimum atomic E-state index is -3.00. The fourth-order valence-corrected chi connectivity index (χ4v) is 7.77. The Bertz CT molecular complexity index is 759. The molecule has 1 atom stereocenters. The molecule has 6 nitrogen and oxygen atoms in total. The molecule has 3 rings (SSSR count). The van der Waals surface area contributed by atoms with Gasteiger partial charge in [0.1, 0.15) is 0 Å². The van der Waals surface area contributed by atoms with E-state index in [9.17, 15) is 18.0 Å². The van der Waals surface area contributed by atoms with E-state index in [4.69, 9.17) is 0 Å². The fraction of sp³-hybridized carbons (Fsp3) is 0.529. The summed E-state index contributed by atoms with van der Waals surface area (Å²) < 4.78 is 23.2. The van der Waals surface area contributed by atoms with Gasteiger partial charge in [0.15, 0.2) is 9.84 Å². The number of hydrogen-bond donors (Lipinski definition) is 2. The molecule has 2 aliphatic rings. The first-order valence-corrected chi connectivity index (χ1v) is 12.5. The van der Waals surface area contributed by atoms with Crippen LogP contribution in [0.25, 0.3) is 0 Å². The van der Waals surface area contributed by atoms with Gasteiger partial charge in [0, 0.05) is 12.0 Å². The molecule has 9 heteroatoms. The number of rotatable bonds is 4. The number of amides is 2. The van der Waals surface area contributed by atoms with Gasteiger partial charge in [-0.05, 0) is 48.0 Å². The first kappa shape index (κ1) is 19.6. The highest BCUT2D eigenvalue weighted by atomic mass is 32.2. The number of benzene rings is 1. The molecule has 0 spiro atoms. The molecule has 1 aromatic carbocycles. The van der Waals surface area contributed by atoms with Crippen LogP contribution in [0.3, 0.4) is 0 Å². The van der Waals surface area contributed by atoms with Crippen molar-refractivity contribution in [3.8, 4) is 0 Å². The Hall–Kier alpha value is -1.19. The van der Waals surface area contributed by atoms with Crippen molar-refractivity contribution >= 4 is 45.2 Å². The van der Waals surface area contributed by atoms with Gasteiger partial charge in [0.05, 0.1) is 16.1 Å². The van der Waals surface area contributed by atoms with E-state index < -0.39 is 9.84 Å². The van der Waals surface area contributed by atoms with Crippen LogP contribution in [0.1, 0.15) is 39.8 Å². The normalized spacial score (nSPS) is 22.7. The number of thioether (sulfide) groups is 2. The van der Waals surface area contributed by atoms with E-state index in [1.54, 1.807) is 12.1 Å². The maximum atomic E-state index is 12.1. The Morgan fingerprint density at radius 2 is 1.77 bits per heavy atom. The van der Waals surface area contributed by atoms with Crippen LogP contribution >= 0.6 is 23.5 Å². The van der Waals surface area contributed by atoms with Crippen molar-refractivity contribution < 1.29 is 18.0 Å². The first-order valence-electron chi connectivity index (χ1n) is 8.56. The van der Waals surface area contributed by atoms with Gasteiger partial charge in [0.2, 0.25) is 5.91 Å². The van der Waals surface area contributed by atoms with E-state index in [2.05, 4.69) is 10.9 Å². The largest absolute Gasteiger partial charge is 0.273 e. The van der Waals surface area contributed by atoms with Crippen molar-refractivity contribution in [3.63, 3.8) is 0 Å². The molecule has 0 unspecified atom stereocenters. The summed E-state index contributed by atoms with van der Waals surface area (Å²) in [6, 6.07) is 7.43. The number of hydrogen-bond acceptors (Lipinski definition) is 6. The van der Waals surface area contributed by atoms with Gasteiger partial charge in [-0.3, -0.25) is 20.4 Å². The van der Waals surface area contributed by atoms with E-state index >= 15 is 0 Å². The Morgan fingerprint density at radius 1 is 1.08 bits per heavy atom. The topological polar surface area (TPSA) is 92.3 Å². The summed E-state index contributed by atoms with van der Waals surface area (Å²) in [4.78, 5) is 24.0. The lowest BCUT2D eigenvalue weighted by Crippen LogP contribution is -2.42. The van der Waals surface area contributed by atoms with Crippen LogP contribution in [0.4, 0.5) is 0 Å². The van der Waals surface area contributed by atoms with Crippen LogP contribution in [0.2, 0.25) is 0 Å². The number of carbonyl (C=O) groups excluding carboxylic acids is 2. The molecule has 0 radical (unpaired) electrons. The molecular formula is C17H22N2O4S3. The van der Waals surface area contributed by atoms with E-state index in [0.717, 1.165) is 11.5 Å². The molecule has 2 aliphatic heterocycles. The molecule has 0 saturated carbocycles. The predicted molar refractivity (Wildman–Crippen MR) is 106 cm³/mol. The van der Waals surface area contributed by atoms with Crippen molar-refractivity contribution in [2.45, 2.75) is 23.8 Å². The highest BCUT2D eigenvalue weighted by molar-refractivity contribution is 8.16. The van der Waals surface area contributed by atoms with Crippen molar-refractivity contribution in [2.24, 2.45) is 5.92 Å². The molecule has 2 heterocycles. The highest BCUT2D eigenvalue weighted by Crippen LogP contribution is 2.43. The van der Waals surface area contributed by atoms with Crippen molar-refractivity contribution in [1.29, 1.82) is 0 Å². The minimum Gasteiger partial charge on any atom is -0.273 e. The van der Waals surface area contributed by atoms with Crippen molar-refractivity contribution in [2.75, 3.05) is 23.0 Å². The lowest BCUT2D eigenvalue weighted by Gasteiger charge is -2.21. The second-order valence-corrected chi connectivity index (χ2v) is 11.5. The average molecular weight is 415 g/mol. The highest BCUT2D eigenvalue weighted by Gasteiger charge is 2.29. The van der Waals surface area contributed by atoms with Crippen molar-refractivity contribution in [3.05, 3.63) is 35.4 Å². The summed E-state index contributed by atoms with van der Waals surface area (Å²) in [5.41, 5.74) is 6.44. The minimum absolute atomic E-state index is 0.0486. The van der Waals surface area contributed by atoms with Crippen LogP contribution in [0, 0.1) is 5.92 Å².